The maximum atomic E-state index is 14.0. The Morgan fingerprint density at radius 3 is 2.07 bits per heavy atom. The van der Waals surface area contributed by atoms with Gasteiger partial charge in [-0.15, -0.1) is 70.8 Å². The van der Waals surface area contributed by atoms with E-state index in [0.29, 0.717) is 5.39 Å². The van der Waals surface area contributed by atoms with Crippen LogP contribution < -0.4 is 0 Å². The van der Waals surface area contributed by atoms with Crippen LogP contribution in [0.1, 0.15) is 84.9 Å². The van der Waals surface area contributed by atoms with Crippen LogP contribution in [-0.4, -0.2) is 20.9 Å². The van der Waals surface area contributed by atoms with Crippen molar-refractivity contribution in [2.24, 2.45) is 11.3 Å². The number of hydrogen-bond acceptors (Lipinski definition) is 4. The van der Waals surface area contributed by atoms with Crippen LogP contribution in [-0.2, 0) is 30.3 Å². The van der Waals surface area contributed by atoms with Crippen LogP contribution in [0.2, 0.25) is 0 Å². The Labute approximate surface area is 335 Å². The van der Waals surface area contributed by atoms with Crippen molar-refractivity contribution in [3.63, 3.8) is 0 Å². The van der Waals surface area contributed by atoms with Crippen LogP contribution in [0.15, 0.2) is 109 Å². The van der Waals surface area contributed by atoms with E-state index in [2.05, 4.69) is 74.1 Å². The van der Waals surface area contributed by atoms with Crippen LogP contribution in [0.4, 0.5) is 4.39 Å². The SMILES string of the molecule is CC(C)(C)c1ccc(-c2[c-]cccc2)nc1.CCC(CC)/C(O)=C/C(=O)C(C)(C)C.Cc1[c-]c(-c2nccc3c2ccc2c(F)cccc23)cc(C)c1.[Ir]. The number of aliphatic hydroxyl groups is 1. The number of hydrogen-bond donors (Lipinski definition) is 1. The molecule has 6 heteroatoms. The molecule has 4 aromatic carbocycles. The average molecular weight is 901 g/mol. The van der Waals surface area contributed by atoms with Gasteiger partial charge in [-0.1, -0.05) is 106 Å². The van der Waals surface area contributed by atoms with Crippen molar-refractivity contribution in [1.82, 2.24) is 9.97 Å². The van der Waals surface area contributed by atoms with Gasteiger partial charge in [0.1, 0.15) is 5.82 Å². The zero-order valence-corrected chi connectivity index (χ0v) is 35.7. The molecule has 6 rings (SSSR count). The fraction of sp³-hybridized carbons (Fsp3) is 0.312. The fourth-order valence-electron chi connectivity index (χ4n) is 5.95. The topological polar surface area (TPSA) is 63.1 Å². The van der Waals surface area contributed by atoms with Gasteiger partial charge in [-0.05, 0) is 63.5 Å². The van der Waals surface area contributed by atoms with Crippen molar-refractivity contribution in [2.75, 3.05) is 0 Å². The Morgan fingerprint density at radius 2 is 1.50 bits per heavy atom. The molecule has 54 heavy (non-hydrogen) atoms. The van der Waals surface area contributed by atoms with Gasteiger partial charge >= 0.3 is 0 Å². The van der Waals surface area contributed by atoms with Crippen molar-refractivity contribution in [3.8, 4) is 22.5 Å². The van der Waals surface area contributed by atoms with Gasteiger partial charge in [0.05, 0.1) is 5.76 Å². The van der Waals surface area contributed by atoms with E-state index in [0.717, 1.165) is 57.1 Å². The summed E-state index contributed by atoms with van der Waals surface area (Å²) in [7, 11) is 0. The first-order chi connectivity index (χ1) is 25.0. The number of nitrogens with zero attached hydrogens (tertiary/aromatic N) is 2. The minimum Gasteiger partial charge on any atom is -0.512 e. The van der Waals surface area contributed by atoms with Crippen molar-refractivity contribution < 1.29 is 34.4 Å². The van der Waals surface area contributed by atoms with Gasteiger partial charge in [-0.3, -0.25) is 4.79 Å². The molecule has 4 nitrogen and oxygen atoms in total. The van der Waals surface area contributed by atoms with Gasteiger partial charge in [0, 0.05) is 55.3 Å². The number of aryl methyl sites for hydroxylation is 2. The number of pyridine rings is 2. The predicted octanol–water partition coefficient (Wildman–Crippen LogP) is 12.9. The molecule has 0 aliphatic rings. The number of aromatic nitrogens is 2. The first kappa shape index (κ1) is 43.9. The number of halogens is 1. The summed E-state index contributed by atoms with van der Waals surface area (Å²) >= 11 is 0. The number of fused-ring (bicyclic) bond motifs is 3. The molecule has 0 spiro atoms. The minimum atomic E-state index is -0.403. The predicted molar refractivity (Wildman–Crippen MR) is 219 cm³/mol. The summed E-state index contributed by atoms with van der Waals surface area (Å²) in [6.07, 6.45) is 6.87. The first-order valence-corrected chi connectivity index (χ1v) is 18.4. The maximum absolute atomic E-state index is 14.0. The van der Waals surface area contributed by atoms with Gasteiger partial charge in [-0.25, -0.2) is 4.39 Å². The second-order valence-electron chi connectivity index (χ2n) is 15.6. The second-order valence-corrected chi connectivity index (χ2v) is 15.6. The smallest absolute Gasteiger partial charge is 0.164 e. The molecule has 0 bridgehead atoms. The van der Waals surface area contributed by atoms with Gasteiger partial charge in [0.15, 0.2) is 5.78 Å². The first-order valence-electron chi connectivity index (χ1n) is 18.4. The third-order valence-corrected chi connectivity index (χ3v) is 9.19. The van der Waals surface area contributed by atoms with Crippen LogP contribution in [0.25, 0.3) is 44.1 Å². The zero-order valence-electron chi connectivity index (χ0n) is 33.3. The Balaban J connectivity index is 0.000000226. The number of allylic oxidation sites excluding steroid dienone is 2. The Bertz CT molecular complexity index is 2160. The summed E-state index contributed by atoms with van der Waals surface area (Å²) in [5.74, 6) is 0.152. The maximum Gasteiger partial charge on any atom is 0.164 e. The molecule has 285 valence electrons. The Morgan fingerprint density at radius 1 is 0.815 bits per heavy atom. The molecule has 1 N–H and O–H groups in total. The third-order valence-electron chi connectivity index (χ3n) is 9.19. The fourth-order valence-corrected chi connectivity index (χ4v) is 5.95. The van der Waals surface area contributed by atoms with Crippen LogP contribution >= 0.6 is 0 Å². The largest absolute Gasteiger partial charge is 0.512 e. The number of benzene rings is 4. The molecule has 0 saturated heterocycles. The van der Waals surface area contributed by atoms with Gasteiger partial charge < -0.3 is 15.1 Å². The molecule has 6 aromatic rings. The average Bonchev–Trinajstić information content (AvgIpc) is 3.12. The molecular formula is C48H53FIrN2O2-2. The van der Waals surface area contributed by atoms with Crippen molar-refractivity contribution >= 4 is 27.3 Å². The molecule has 0 aliphatic heterocycles. The number of ketones is 1. The molecule has 0 aliphatic carbocycles. The van der Waals surface area contributed by atoms with Crippen LogP contribution in [0.3, 0.4) is 0 Å². The summed E-state index contributed by atoms with van der Waals surface area (Å²) in [5.41, 5.74) is 7.17. The van der Waals surface area contributed by atoms with Crippen LogP contribution in [0, 0.1) is 43.1 Å². The van der Waals surface area contributed by atoms with E-state index in [-0.39, 0.29) is 48.8 Å². The van der Waals surface area contributed by atoms with Gasteiger partial charge in [0.25, 0.3) is 0 Å². The number of rotatable bonds is 6. The molecule has 0 unspecified atom stereocenters. The molecule has 2 aromatic heterocycles. The van der Waals surface area contributed by atoms with E-state index in [9.17, 15) is 14.3 Å². The van der Waals surface area contributed by atoms with Gasteiger partial charge in [0.2, 0.25) is 0 Å². The van der Waals surface area contributed by atoms with E-state index in [1.54, 1.807) is 12.3 Å². The molecule has 0 saturated carbocycles. The molecule has 0 amide bonds. The summed E-state index contributed by atoms with van der Waals surface area (Å²) < 4.78 is 14.0. The number of carbonyl (C=O) groups is 1. The summed E-state index contributed by atoms with van der Waals surface area (Å²) in [5, 5.41) is 13.3. The quantitative estimate of drug-likeness (QED) is 0.0783. The Hall–Kier alpha value is -4.51. The van der Waals surface area contributed by atoms with Crippen molar-refractivity contribution in [3.05, 3.63) is 144 Å². The number of carbonyl (C=O) groups excluding carboxylic acids is 1. The Kier molecular flexibility index (Phi) is 15.6. The monoisotopic (exact) mass is 901 g/mol. The van der Waals surface area contributed by atoms with E-state index < -0.39 is 5.41 Å². The zero-order chi connectivity index (χ0) is 38.9. The van der Waals surface area contributed by atoms with Gasteiger partial charge in [-0.2, -0.15) is 0 Å². The van der Waals surface area contributed by atoms with Crippen LogP contribution in [0.5, 0.6) is 0 Å². The molecule has 0 atom stereocenters. The van der Waals surface area contributed by atoms with E-state index in [4.69, 9.17) is 0 Å². The molecule has 2 heterocycles. The summed E-state index contributed by atoms with van der Waals surface area (Å²) in [6, 6.07) is 33.8. The van der Waals surface area contributed by atoms with Crippen molar-refractivity contribution in [1.29, 1.82) is 0 Å². The van der Waals surface area contributed by atoms with E-state index in [1.165, 1.54) is 23.3 Å². The minimum absolute atomic E-state index is 0. The molecule has 0 fully saturated rings. The summed E-state index contributed by atoms with van der Waals surface area (Å²) in [4.78, 5) is 20.6. The number of aliphatic hydroxyl groups excluding tert-OH is 1. The van der Waals surface area contributed by atoms with Crippen molar-refractivity contribution in [2.45, 2.75) is 87.5 Å². The second kappa shape index (κ2) is 19.2. The molecule has 1 radical (unpaired) electrons. The summed E-state index contributed by atoms with van der Waals surface area (Å²) in [6.45, 7) is 20.3. The van der Waals surface area contributed by atoms with E-state index >= 15 is 0 Å². The standard InChI is InChI=1S/C21H15FN.C15H16N.C12H22O2.Ir/c1-13-10-14(2)12-15(11-13)21-19-7-6-18-16(4-3-5-20(18)22)17(19)8-9-23-21;1-15(2,3)13-9-10-14(16-11-13)12-7-5-4-6-8-12;1-6-9(7-2)10(13)8-11(14)12(3,4)5;/h3-11H,1-2H3;4-7,9-11H,1-3H3;8-9,13H,6-7H2,1-5H3;/q2*-1;;/b;;10-8-;. The van der Waals surface area contributed by atoms with E-state index in [1.807, 2.05) is 96.3 Å². The molecular weight excluding hydrogens is 848 g/mol. The third kappa shape index (κ3) is 11.5. The normalized spacial score (nSPS) is 11.7.